The Bertz CT molecular complexity index is 1140. The van der Waals surface area contributed by atoms with E-state index in [2.05, 4.69) is 15.1 Å². The van der Waals surface area contributed by atoms with Crippen LogP contribution in [0.1, 0.15) is 52.8 Å². The first-order chi connectivity index (χ1) is 17.2. The summed E-state index contributed by atoms with van der Waals surface area (Å²) in [4.78, 5) is 56.5. The Labute approximate surface area is 207 Å². The summed E-state index contributed by atoms with van der Waals surface area (Å²) in [5.41, 5.74) is -1.52. The van der Waals surface area contributed by atoms with Crippen molar-refractivity contribution in [3.63, 3.8) is 0 Å². The van der Waals surface area contributed by atoms with E-state index in [9.17, 15) is 23.6 Å². The minimum absolute atomic E-state index is 0.00553. The van der Waals surface area contributed by atoms with E-state index < -0.39 is 41.2 Å². The van der Waals surface area contributed by atoms with Gasteiger partial charge in [0.25, 0.3) is 11.8 Å². The molecule has 0 radical (unpaired) electrons. The molecule has 1 unspecified atom stereocenters. The molecule has 1 aromatic carbocycles. The Hall–Kier alpha value is -2.92. The van der Waals surface area contributed by atoms with Gasteiger partial charge in [-0.05, 0) is 44.5 Å². The standard InChI is InChI=1S/C25H29F2N5O4/c26-18-8-16-17(24(36)32(23(16)35)19-4-5-21(33)28-22(19)34)9-20(18)31-13-25(27,14-31)12-29-10-15(11-29)30-6-2-1-3-7-30/h8-9,15,19H,1-7,10-14H2,(H,28,33,34). The number of nitrogens with zero attached hydrogens (tertiary/aromatic N) is 4. The van der Waals surface area contributed by atoms with Crippen LogP contribution in [0.4, 0.5) is 14.5 Å². The van der Waals surface area contributed by atoms with Gasteiger partial charge in [-0.15, -0.1) is 0 Å². The molecule has 4 amide bonds. The molecule has 36 heavy (non-hydrogen) atoms. The normalized spacial score (nSPS) is 27.1. The fourth-order valence-corrected chi connectivity index (χ4v) is 6.22. The van der Waals surface area contributed by atoms with Crippen molar-refractivity contribution in [1.82, 2.24) is 20.0 Å². The van der Waals surface area contributed by atoms with Crippen LogP contribution >= 0.6 is 0 Å². The molecule has 1 N–H and O–H groups in total. The molecule has 4 fully saturated rings. The quantitative estimate of drug-likeness (QED) is 0.600. The highest BCUT2D eigenvalue weighted by atomic mass is 19.1. The van der Waals surface area contributed by atoms with Crippen LogP contribution in [0.5, 0.6) is 0 Å². The van der Waals surface area contributed by atoms with E-state index in [1.54, 1.807) is 4.90 Å². The van der Waals surface area contributed by atoms with Crippen LogP contribution in [0.2, 0.25) is 0 Å². The van der Waals surface area contributed by atoms with Crippen molar-refractivity contribution in [2.75, 3.05) is 50.7 Å². The van der Waals surface area contributed by atoms with Crippen molar-refractivity contribution in [2.24, 2.45) is 0 Å². The predicted molar refractivity (Wildman–Crippen MR) is 125 cm³/mol. The van der Waals surface area contributed by atoms with Crippen molar-refractivity contribution < 1.29 is 28.0 Å². The van der Waals surface area contributed by atoms with Gasteiger partial charge in [-0.3, -0.25) is 39.2 Å². The number of carbonyl (C=O) groups is 4. The molecular weight excluding hydrogens is 472 g/mol. The first-order valence-electron chi connectivity index (χ1n) is 12.7. The van der Waals surface area contributed by atoms with Gasteiger partial charge in [0, 0.05) is 32.1 Å². The molecule has 4 saturated heterocycles. The molecule has 0 bridgehead atoms. The first kappa shape index (κ1) is 23.5. The second-order valence-electron chi connectivity index (χ2n) is 10.7. The van der Waals surface area contributed by atoms with Crippen LogP contribution in [0.15, 0.2) is 12.1 Å². The van der Waals surface area contributed by atoms with Gasteiger partial charge in [0.15, 0.2) is 5.67 Å². The van der Waals surface area contributed by atoms with Crippen LogP contribution in [-0.2, 0) is 9.59 Å². The molecule has 11 heteroatoms. The van der Waals surface area contributed by atoms with Crippen molar-refractivity contribution >= 4 is 29.3 Å². The number of imide groups is 2. The fraction of sp³-hybridized carbons (Fsp3) is 0.600. The second-order valence-corrected chi connectivity index (χ2v) is 10.7. The van der Waals surface area contributed by atoms with E-state index >= 15 is 4.39 Å². The average molecular weight is 502 g/mol. The molecule has 6 rings (SSSR count). The Kier molecular flexibility index (Phi) is 5.60. The van der Waals surface area contributed by atoms with Gasteiger partial charge < -0.3 is 4.90 Å². The summed E-state index contributed by atoms with van der Waals surface area (Å²) >= 11 is 0. The van der Waals surface area contributed by atoms with Crippen LogP contribution < -0.4 is 10.2 Å². The molecule has 0 saturated carbocycles. The Morgan fingerprint density at radius 2 is 1.64 bits per heavy atom. The maximum Gasteiger partial charge on any atom is 0.262 e. The average Bonchev–Trinajstić information content (AvgIpc) is 3.04. The molecule has 0 aliphatic carbocycles. The number of benzene rings is 1. The summed E-state index contributed by atoms with van der Waals surface area (Å²) in [6, 6.07) is 1.66. The Morgan fingerprint density at radius 1 is 0.972 bits per heavy atom. The summed E-state index contributed by atoms with van der Waals surface area (Å²) in [6.45, 7) is 4.25. The number of piperidine rings is 2. The van der Waals surface area contributed by atoms with Gasteiger partial charge >= 0.3 is 0 Å². The molecule has 5 aliphatic rings. The number of likely N-dealkylation sites (tertiary alicyclic amines) is 2. The number of carbonyl (C=O) groups excluding carboxylic acids is 4. The monoisotopic (exact) mass is 501 g/mol. The number of alkyl halides is 1. The van der Waals surface area contributed by atoms with Crippen molar-refractivity contribution in [3.05, 3.63) is 29.1 Å². The Morgan fingerprint density at radius 3 is 2.31 bits per heavy atom. The number of hydrogen-bond acceptors (Lipinski definition) is 7. The molecule has 9 nitrogen and oxygen atoms in total. The SMILES string of the molecule is O=C1CCC(N2C(=O)c3cc(F)c(N4CC(F)(CN5CC(N6CCCCC6)C5)C4)cc3C2=O)C(=O)N1. The van der Waals surface area contributed by atoms with Gasteiger partial charge in [-0.2, -0.15) is 0 Å². The zero-order chi connectivity index (χ0) is 25.2. The molecular formula is C25H29F2N5O4. The zero-order valence-corrected chi connectivity index (χ0v) is 20.0. The summed E-state index contributed by atoms with van der Waals surface area (Å²) in [6.07, 6.45) is 3.77. The highest BCUT2D eigenvalue weighted by Gasteiger charge is 2.49. The van der Waals surface area contributed by atoms with E-state index in [4.69, 9.17) is 0 Å². The Balaban J connectivity index is 1.10. The summed E-state index contributed by atoms with van der Waals surface area (Å²) < 4.78 is 30.4. The summed E-state index contributed by atoms with van der Waals surface area (Å²) in [5, 5.41) is 2.13. The number of anilines is 1. The van der Waals surface area contributed by atoms with Crippen molar-refractivity contribution in [2.45, 2.75) is 49.9 Å². The zero-order valence-electron chi connectivity index (χ0n) is 20.0. The van der Waals surface area contributed by atoms with Crippen molar-refractivity contribution in [3.8, 4) is 0 Å². The largest absolute Gasteiger partial charge is 0.362 e. The minimum atomic E-state index is -1.46. The molecule has 1 aromatic rings. The number of amides is 4. The van der Waals surface area contributed by atoms with Gasteiger partial charge in [0.2, 0.25) is 11.8 Å². The number of halogens is 2. The lowest BCUT2D eigenvalue weighted by Crippen LogP contribution is -2.69. The maximum atomic E-state index is 15.4. The number of fused-ring (bicyclic) bond motifs is 1. The first-order valence-corrected chi connectivity index (χ1v) is 12.7. The smallest absolute Gasteiger partial charge is 0.262 e. The van der Waals surface area contributed by atoms with Gasteiger partial charge in [-0.1, -0.05) is 6.42 Å². The molecule has 5 aliphatic heterocycles. The van der Waals surface area contributed by atoms with E-state index in [0.717, 1.165) is 37.1 Å². The van der Waals surface area contributed by atoms with Crippen molar-refractivity contribution in [1.29, 1.82) is 0 Å². The lowest BCUT2D eigenvalue weighted by atomic mass is 9.91. The molecule has 0 spiro atoms. The van der Waals surface area contributed by atoms with E-state index in [1.165, 1.54) is 25.3 Å². The minimum Gasteiger partial charge on any atom is -0.362 e. The lowest BCUT2D eigenvalue weighted by molar-refractivity contribution is -0.136. The third-order valence-electron chi connectivity index (χ3n) is 8.15. The fourth-order valence-electron chi connectivity index (χ4n) is 6.22. The highest BCUT2D eigenvalue weighted by molar-refractivity contribution is 6.23. The number of rotatable bonds is 5. The van der Waals surface area contributed by atoms with Crippen LogP contribution in [0.3, 0.4) is 0 Å². The van der Waals surface area contributed by atoms with E-state index in [-0.39, 0.29) is 42.7 Å². The molecule has 1 atom stereocenters. The van der Waals surface area contributed by atoms with Gasteiger partial charge in [-0.25, -0.2) is 8.78 Å². The second kappa shape index (κ2) is 8.58. The summed E-state index contributed by atoms with van der Waals surface area (Å²) in [7, 11) is 0. The third kappa shape index (κ3) is 3.88. The topological polar surface area (TPSA) is 93.3 Å². The predicted octanol–water partition coefficient (Wildman–Crippen LogP) is 0.925. The van der Waals surface area contributed by atoms with Crippen LogP contribution in [-0.4, -0.2) is 102 Å². The maximum absolute atomic E-state index is 15.4. The molecule has 5 heterocycles. The lowest BCUT2D eigenvalue weighted by Gasteiger charge is -2.52. The molecule has 0 aromatic heterocycles. The van der Waals surface area contributed by atoms with Crippen LogP contribution in [0, 0.1) is 5.82 Å². The van der Waals surface area contributed by atoms with E-state index in [0.29, 0.717) is 12.6 Å². The van der Waals surface area contributed by atoms with E-state index in [1.807, 2.05) is 0 Å². The summed E-state index contributed by atoms with van der Waals surface area (Å²) in [5.74, 6) is -3.37. The van der Waals surface area contributed by atoms with Crippen LogP contribution in [0.25, 0.3) is 0 Å². The van der Waals surface area contributed by atoms with Gasteiger partial charge in [0.1, 0.15) is 11.9 Å². The number of hydrogen-bond donors (Lipinski definition) is 1. The third-order valence-corrected chi connectivity index (χ3v) is 8.15. The van der Waals surface area contributed by atoms with Gasteiger partial charge in [0.05, 0.1) is 29.9 Å². The molecule has 192 valence electrons. The number of nitrogens with one attached hydrogen (secondary N) is 1. The highest BCUT2D eigenvalue weighted by Crippen LogP contribution is 2.38.